The van der Waals surface area contributed by atoms with E-state index >= 15 is 0 Å². The van der Waals surface area contributed by atoms with Gasteiger partial charge in [-0.25, -0.2) is 19.9 Å². The monoisotopic (exact) mass is 739 g/mol. The summed E-state index contributed by atoms with van der Waals surface area (Å²) in [6.45, 7) is 4.48. The molecule has 9 rings (SSSR count). The van der Waals surface area contributed by atoms with Crippen molar-refractivity contribution >= 4 is 63.6 Å². The van der Waals surface area contributed by atoms with Gasteiger partial charge in [0.2, 0.25) is 11.8 Å². The largest absolute Gasteiger partial charge is 0.368 e. The van der Waals surface area contributed by atoms with Crippen LogP contribution < -0.4 is 25.8 Å². The quantitative estimate of drug-likeness (QED) is 0.198. The van der Waals surface area contributed by atoms with E-state index in [1.54, 1.807) is 24.5 Å². The molecule has 6 heterocycles. The molecular formula is C39H37N11O5. The SMILES string of the molecule is Cc1cccc(C(=O)NC2CC(n3cnc4c(Nc5ccc(N6CCN(c7cccc8c7C(=O)N(C7CCC(=O)NC7=O)C8=O)CC6)cc5)ncnc43)C2)n1. The molecule has 3 N–H and O–H groups in total. The second kappa shape index (κ2) is 13.6. The Morgan fingerprint density at radius 1 is 0.855 bits per heavy atom. The summed E-state index contributed by atoms with van der Waals surface area (Å²) in [5.74, 6) is -1.61. The summed E-state index contributed by atoms with van der Waals surface area (Å²) in [6, 6.07) is 17.9. The number of pyridine rings is 1. The minimum atomic E-state index is -1.00. The molecule has 2 aromatic carbocycles. The average molecular weight is 740 g/mol. The first-order valence-corrected chi connectivity index (χ1v) is 18.4. The predicted molar refractivity (Wildman–Crippen MR) is 201 cm³/mol. The lowest BCUT2D eigenvalue weighted by atomic mass is 9.86. The van der Waals surface area contributed by atoms with Crippen LogP contribution in [0.25, 0.3) is 11.2 Å². The Balaban J connectivity index is 0.818. The number of aromatic nitrogens is 5. The van der Waals surface area contributed by atoms with Crippen LogP contribution in [0.3, 0.4) is 0 Å². The number of imidazole rings is 1. The van der Waals surface area contributed by atoms with Crippen LogP contribution in [-0.4, -0.2) is 97.2 Å². The van der Waals surface area contributed by atoms with E-state index in [9.17, 15) is 24.0 Å². The number of fused-ring (bicyclic) bond motifs is 2. The van der Waals surface area contributed by atoms with E-state index in [1.165, 1.54) is 6.33 Å². The van der Waals surface area contributed by atoms with Gasteiger partial charge in [-0.1, -0.05) is 12.1 Å². The number of anilines is 4. The highest BCUT2D eigenvalue weighted by atomic mass is 16.2. The third kappa shape index (κ3) is 6.18. The molecule has 0 spiro atoms. The number of hydrogen-bond acceptors (Lipinski definition) is 12. The Labute approximate surface area is 314 Å². The molecule has 0 radical (unpaired) electrons. The lowest BCUT2D eigenvalue weighted by molar-refractivity contribution is -0.136. The molecule has 16 heteroatoms. The smallest absolute Gasteiger partial charge is 0.270 e. The second-order valence-electron chi connectivity index (χ2n) is 14.3. The normalized spacial score (nSPS) is 21.0. The molecule has 2 saturated heterocycles. The summed E-state index contributed by atoms with van der Waals surface area (Å²) in [6.07, 6.45) is 5.02. The standard InChI is InChI=1S/C39H37N11O5/c1-22-4-2-6-28(43-22)36(52)45-24-18-26(19-24)49-21-42-33-34(40-20-41-35(33)49)44-23-8-10-25(11-9-23)47-14-16-48(17-15-47)29-7-3-5-27-32(29)39(55)50(38(27)54)30-12-13-31(51)46-37(30)53/h2-11,20-21,24,26,30H,12-19H2,1H3,(H,45,52)(H,40,41,44)(H,46,51,53). The van der Waals surface area contributed by atoms with E-state index in [4.69, 9.17) is 0 Å². The first-order chi connectivity index (χ1) is 26.7. The fraction of sp³-hybridized carbons (Fsp3) is 0.308. The maximum Gasteiger partial charge on any atom is 0.270 e. The van der Waals surface area contributed by atoms with Gasteiger partial charge in [0.1, 0.15) is 18.1 Å². The zero-order valence-electron chi connectivity index (χ0n) is 29.9. The molecular weight excluding hydrogens is 703 g/mol. The van der Waals surface area contributed by atoms with Gasteiger partial charge in [0, 0.05) is 61.8 Å². The van der Waals surface area contributed by atoms with Crippen molar-refractivity contribution in [2.75, 3.05) is 41.3 Å². The zero-order chi connectivity index (χ0) is 37.8. The van der Waals surface area contributed by atoms with E-state index in [0.717, 1.165) is 40.5 Å². The van der Waals surface area contributed by atoms with Crippen LogP contribution in [0.15, 0.2) is 73.3 Å². The first kappa shape index (κ1) is 34.1. The minimum absolute atomic E-state index is 0.0462. The van der Waals surface area contributed by atoms with Gasteiger partial charge in [0.05, 0.1) is 23.1 Å². The van der Waals surface area contributed by atoms with Crippen LogP contribution >= 0.6 is 0 Å². The van der Waals surface area contributed by atoms with Crippen LogP contribution in [0.2, 0.25) is 0 Å². The molecule has 55 heavy (non-hydrogen) atoms. The molecule has 1 atom stereocenters. The molecule has 3 fully saturated rings. The zero-order valence-corrected chi connectivity index (χ0v) is 29.9. The number of carbonyl (C=O) groups excluding carboxylic acids is 5. The molecule has 4 aliphatic rings. The Hall–Kier alpha value is -6.71. The lowest BCUT2D eigenvalue weighted by Crippen LogP contribution is -2.54. The van der Waals surface area contributed by atoms with Gasteiger partial charge >= 0.3 is 0 Å². The van der Waals surface area contributed by atoms with E-state index in [2.05, 4.69) is 45.7 Å². The molecule has 1 aliphatic carbocycles. The van der Waals surface area contributed by atoms with Crippen molar-refractivity contribution in [1.82, 2.24) is 40.0 Å². The van der Waals surface area contributed by atoms with Crippen molar-refractivity contribution in [2.45, 2.75) is 50.7 Å². The number of nitrogens with zero attached hydrogens (tertiary/aromatic N) is 8. The van der Waals surface area contributed by atoms with Crippen LogP contribution in [0.5, 0.6) is 0 Å². The number of piperazine rings is 1. The molecule has 1 unspecified atom stereocenters. The summed E-state index contributed by atoms with van der Waals surface area (Å²) < 4.78 is 2.05. The van der Waals surface area contributed by atoms with Crippen LogP contribution in [0, 0.1) is 6.92 Å². The number of piperidine rings is 1. The van der Waals surface area contributed by atoms with Crippen molar-refractivity contribution < 1.29 is 24.0 Å². The second-order valence-corrected chi connectivity index (χ2v) is 14.3. The van der Waals surface area contributed by atoms with Gasteiger partial charge in [-0.15, -0.1) is 0 Å². The molecule has 16 nitrogen and oxygen atoms in total. The fourth-order valence-corrected chi connectivity index (χ4v) is 7.93. The van der Waals surface area contributed by atoms with Gasteiger partial charge in [0.15, 0.2) is 17.0 Å². The average Bonchev–Trinajstić information content (AvgIpc) is 3.72. The predicted octanol–water partition coefficient (Wildman–Crippen LogP) is 3.13. The van der Waals surface area contributed by atoms with E-state index in [-0.39, 0.29) is 36.4 Å². The Morgan fingerprint density at radius 3 is 2.38 bits per heavy atom. The number of benzene rings is 2. The van der Waals surface area contributed by atoms with Crippen LogP contribution in [0.4, 0.5) is 22.9 Å². The summed E-state index contributed by atoms with van der Waals surface area (Å²) in [5.41, 5.74) is 5.74. The molecule has 3 aliphatic heterocycles. The topological polar surface area (TPSA) is 188 Å². The number of amides is 5. The highest BCUT2D eigenvalue weighted by Crippen LogP contribution is 2.37. The van der Waals surface area contributed by atoms with Gasteiger partial charge in [0.25, 0.3) is 17.7 Å². The third-order valence-corrected chi connectivity index (χ3v) is 10.9. The molecule has 0 bridgehead atoms. The Kier molecular flexibility index (Phi) is 8.43. The van der Waals surface area contributed by atoms with E-state index < -0.39 is 29.7 Å². The van der Waals surface area contributed by atoms with Gasteiger partial charge in [-0.05, 0) is 74.7 Å². The number of rotatable bonds is 8. The van der Waals surface area contributed by atoms with Crippen LogP contribution in [-0.2, 0) is 9.59 Å². The number of hydrogen-bond donors (Lipinski definition) is 3. The lowest BCUT2D eigenvalue weighted by Gasteiger charge is -2.38. The summed E-state index contributed by atoms with van der Waals surface area (Å²) in [7, 11) is 0. The van der Waals surface area contributed by atoms with E-state index in [1.807, 2.05) is 54.0 Å². The number of imide groups is 2. The molecule has 3 aromatic heterocycles. The van der Waals surface area contributed by atoms with Crippen molar-refractivity contribution in [3.05, 3.63) is 95.8 Å². The minimum Gasteiger partial charge on any atom is -0.368 e. The maximum absolute atomic E-state index is 13.6. The number of aryl methyl sites for hydroxylation is 1. The van der Waals surface area contributed by atoms with Crippen LogP contribution in [0.1, 0.15) is 68.6 Å². The summed E-state index contributed by atoms with van der Waals surface area (Å²) in [4.78, 5) is 87.2. The van der Waals surface area contributed by atoms with Gasteiger partial charge < -0.3 is 25.0 Å². The van der Waals surface area contributed by atoms with Crippen molar-refractivity contribution in [3.8, 4) is 0 Å². The fourth-order valence-electron chi connectivity index (χ4n) is 7.93. The Morgan fingerprint density at radius 2 is 1.62 bits per heavy atom. The third-order valence-electron chi connectivity index (χ3n) is 10.9. The van der Waals surface area contributed by atoms with Crippen molar-refractivity contribution in [2.24, 2.45) is 0 Å². The number of carbonyl (C=O) groups is 5. The molecule has 5 amide bonds. The molecule has 5 aromatic rings. The highest BCUT2D eigenvalue weighted by molar-refractivity contribution is 6.25. The Bertz CT molecular complexity index is 2380. The van der Waals surface area contributed by atoms with E-state index in [0.29, 0.717) is 54.5 Å². The summed E-state index contributed by atoms with van der Waals surface area (Å²) >= 11 is 0. The number of nitrogens with one attached hydrogen (secondary N) is 3. The van der Waals surface area contributed by atoms with Gasteiger partial charge in [-0.3, -0.25) is 34.2 Å². The molecule has 1 saturated carbocycles. The van der Waals surface area contributed by atoms with Gasteiger partial charge in [-0.2, -0.15) is 0 Å². The van der Waals surface area contributed by atoms with Crippen molar-refractivity contribution in [3.63, 3.8) is 0 Å². The highest BCUT2D eigenvalue weighted by Gasteiger charge is 2.46. The van der Waals surface area contributed by atoms with Crippen molar-refractivity contribution in [1.29, 1.82) is 0 Å². The molecule has 278 valence electrons. The summed E-state index contributed by atoms with van der Waals surface area (Å²) in [5, 5.41) is 8.72. The maximum atomic E-state index is 13.6. The first-order valence-electron chi connectivity index (χ1n) is 18.4.